The molecule has 0 spiro atoms. The third-order valence-corrected chi connectivity index (χ3v) is 8.21. The molecular formula is C26H32N2O3. The van der Waals surface area contributed by atoms with Crippen LogP contribution in [0.5, 0.6) is 0 Å². The van der Waals surface area contributed by atoms with E-state index >= 15 is 0 Å². The van der Waals surface area contributed by atoms with Gasteiger partial charge in [-0.05, 0) is 69.4 Å². The van der Waals surface area contributed by atoms with Crippen LogP contribution in [0.4, 0.5) is 0 Å². The van der Waals surface area contributed by atoms with Gasteiger partial charge in [-0.25, -0.2) is 0 Å². The summed E-state index contributed by atoms with van der Waals surface area (Å²) in [6.07, 6.45) is 8.46. The first kappa shape index (κ1) is 20.5. The Hall–Kier alpha value is -2.43. The maximum Gasteiger partial charge on any atom is 0.234 e. The van der Waals surface area contributed by atoms with Crippen LogP contribution in [0.3, 0.4) is 0 Å². The van der Waals surface area contributed by atoms with Crippen molar-refractivity contribution in [3.05, 3.63) is 47.5 Å². The Labute approximate surface area is 184 Å². The highest BCUT2D eigenvalue weighted by atomic mass is 16.2. The van der Waals surface area contributed by atoms with Crippen molar-refractivity contribution in [2.75, 3.05) is 0 Å². The highest BCUT2D eigenvalue weighted by Crippen LogP contribution is 2.54. The van der Waals surface area contributed by atoms with Gasteiger partial charge < -0.3 is 4.90 Å². The maximum atomic E-state index is 13.5. The van der Waals surface area contributed by atoms with Crippen molar-refractivity contribution in [1.29, 1.82) is 0 Å². The van der Waals surface area contributed by atoms with E-state index in [1.165, 1.54) is 4.90 Å². The zero-order valence-corrected chi connectivity index (χ0v) is 18.7. The summed E-state index contributed by atoms with van der Waals surface area (Å²) in [4.78, 5) is 44.1. The molecule has 1 aromatic carbocycles. The van der Waals surface area contributed by atoms with Crippen LogP contribution in [0, 0.1) is 30.6 Å². The monoisotopic (exact) mass is 420 g/mol. The molecule has 1 aromatic rings. The van der Waals surface area contributed by atoms with Gasteiger partial charge in [0.25, 0.3) is 0 Å². The first-order chi connectivity index (χ1) is 14.9. The molecule has 3 amide bonds. The van der Waals surface area contributed by atoms with Gasteiger partial charge >= 0.3 is 0 Å². The van der Waals surface area contributed by atoms with Gasteiger partial charge in [0, 0.05) is 12.1 Å². The van der Waals surface area contributed by atoms with Gasteiger partial charge in [-0.1, -0.05) is 36.4 Å². The molecule has 0 aromatic heterocycles. The second-order valence-corrected chi connectivity index (χ2v) is 10.1. The minimum Gasteiger partial charge on any atom is -0.337 e. The van der Waals surface area contributed by atoms with Crippen LogP contribution in [-0.2, 0) is 14.4 Å². The third kappa shape index (κ3) is 3.16. The number of likely N-dealkylation sites (tertiary alicyclic amines) is 2. The van der Waals surface area contributed by atoms with Crippen LogP contribution in [-0.4, -0.2) is 39.6 Å². The molecule has 2 heterocycles. The average Bonchev–Trinajstić information content (AvgIpc) is 3.41. The standard InChI is InChI=1S/C26H32N2O3/c1-15-7-4-5-10-20(15)21(14-22(29)27-16(2)8-6-9-17(27)3)28-25(30)23-18-11-12-19(13-18)24(23)26(28)31/h4-5,7,10-12,16-19,21,23-24H,6,8-9,13-14H2,1-3H3. The third-order valence-electron chi connectivity index (χ3n) is 8.21. The smallest absolute Gasteiger partial charge is 0.234 e. The molecular weight excluding hydrogens is 388 g/mol. The van der Waals surface area contributed by atoms with Crippen LogP contribution >= 0.6 is 0 Å². The van der Waals surface area contributed by atoms with E-state index in [-0.39, 0.29) is 59.9 Å². The van der Waals surface area contributed by atoms with E-state index in [9.17, 15) is 14.4 Å². The molecule has 5 rings (SSSR count). The molecule has 1 saturated carbocycles. The highest BCUT2D eigenvalue weighted by Gasteiger charge is 2.60. The normalized spacial score (nSPS) is 35.1. The fraction of sp³-hybridized carbons (Fsp3) is 0.577. The van der Waals surface area contributed by atoms with Crippen LogP contribution < -0.4 is 0 Å². The summed E-state index contributed by atoms with van der Waals surface area (Å²) in [5, 5.41) is 0. The number of aryl methyl sites for hydroxylation is 1. The molecule has 31 heavy (non-hydrogen) atoms. The molecule has 0 N–H and O–H groups in total. The zero-order valence-electron chi connectivity index (χ0n) is 18.7. The van der Waals surface area contributed by atoms with E-state index in [2.05, 4.69) is 26.0 Å². The molecule has 7 unspecified atom stereocenters. The van der Waals surface area contributed by atoms with Gasteiger partial charge in [0.05, 0.1) is 24.3 Å². The quantitative estimate of drug-likeness (QED) is 0.546. The molecule has 5 nitrogen and oxygen atoms in total. The number of piperidine rings is 1. The van der Waals surface area contributed by atoms with Crippen molar-refractivity contribution in [3.63, 3.8) is 0 Å². The predicted octanol–water partition coefficient (Wildman–Crippen LogP) is 4.02. The number of hydrogen-bond acceptors (Lipinski definition) is 3. The Morgan fingerprint density at radius 1 is 1.00 bits per heavy atom. The van der Waals surface area contributed by atoms with Crippen LogP contribution in [0.25, 0.3) is 0 Å². The lowest BCUT2D eigenvalue weighted by molar-refractivity contribution is -0.146. The van der Waals surface area contributed by atoms with Crippen molar-refractivity contribution in [3.8, 4) is 0 Å². The van der Waals surface area contributed by atoms with Crippen molar-refractivity contribution in [1.82, 2.24) is 9.80 Å². The number of benzene rings is 1. The molecule has 2 aliphatic heterocycles. The second-order valence-electron chi connectivity index (χ2n) is 10.1. The van der Waals surface area contributed by atoms with Gasteiger partial charge in [0.1, 0.15) is 0 Å². The van der Waals surface area contributed by atoms with Gasteiger partial charge in [0.15, 0.2) is 0 Å². The highest BCUT2D eigenvalue weighted by molar-refractivity contribution is 6.07. The number of nitrogens with zero attached hydrogens (tertiary/aromatic N) is 2. The Morgan fingerprint density at radius 2 is 1.58 bits per heavy atom. The number of rotatable bonds is 4. The minimum atomic E-state index is -0.528. The molecule has 7 atom stereocenters. The molecule has 3 fully saturated rings. The number of fused-ring (bicyclic) bond motifs is 5. The Balaban J connectivity index is 1.49. The van der Waals surface area contributed by atoms with Crippen molar-refractivity contribution in [2.45, 2.75) is 71.0 Å². The largest absolute Gasteiger partial charge is 0.337 e. The lowest BCUT2D eigenvalue weighted by Crippen LogP contribution is -2.49. The van der Waals surface area contributed by atoms with Gasteiger partial charge in [-0.3, -0.25) is 19.3 Å². The van der Waals surface area contributed by atoms with E-state index in [1.807, 2.05) is 36.1 Å². The number of carbonyl (C=O) groups excluding carboxylic acids is 3. The fourth-order valence-electron chi connectivity index (χ4n) is 6.72. The second kappa shape index (κ2) is 7.61. The summed E-state index contributed by atoms with van der Waals surface area (Å²) >= 11 is 0. The number of imide groups is 1. The molecule has 2 aliphatic carbocycles. The molecule has 5 heteroatoms. The summed E-state index contributed by atoms with van der Waals surface area (Å²) < 4.78 is 0. The predicted molar refractivity (Wildman–Crippen MR) is 118 cm³/mol. The summed E-state index contributed by atoms with van der Waals surface area (Å²) in [6, 6.07) is 7.71. The van der Waals surface area contributed by atoms with Crippen molar-refractivity contribution in [2.24, 2.45) is 23.7 Å². The zero-order chi connectivity index (χ0) is 21.9. The molecule has 2 saturated heterocycles. The first-order valence-corrected chi connectivity index (χ1v) is 11.8. The number of amides is 3. The van der Waals surface area contributed by atoms with Crippen molar-refractivity contribution >= 4 is 17.7 Å². The number of carbonyl (C=O) groups is 3. The summed E-state index contributed by atoms with van der Waals surface area (Å²) in [6.45, 7) is 6.21. The SMILES string of the molecule is Cc1ccccc1C(CC(=O)N1C(C)CCCC1C)N1C(=O)C2C3C=CC(C3)C2C1=O. The Kier molecular flexibility index (Phi) is 5.03. The van der Waals surface area contributed by atoms with Gasteiger partial charge in [-0.2, -0.15) is 0 Å². The molecule has 0 radical (unpaired) electrons. The summed E-state index contributed by atoms with van der Waals surface area (Å²) in [7, 11) is 0. The fourth-order valence-corrected chi connectivity index (χ4v) is 6.72. The van der Waals surface area contributed by atoms with Crippen molar-refractivity contribution < 1.29 is 14.4 Å². The minimum absolute atomic E-state index is 0.0479. The van der Waals surface area contributed by atoms with E-state index < -0.39 is 6.04 Å². The molecule has 164 valence electrons. The lowest BCUT2D eigenvalue weighted by atomic mass is 9.85. The van der Waals surface area contributed by atoms with E-state index in [0.29, 0.717) is 0 Å². The Bertz CT molecular complexity index is 914. The molecule has 2 bridgehead atoms. The maximum absolute atomic E-state index is 13.5. The van der Waals surface area contributed by atoms with E-state index in [4.69, 9.17) is 0 Å². The average molecular weight is 421 g/mol. The van der Waals surface area contributed by atoms with Crippen LogP contribution in [0.2, 0.25) is 0 Å². The van der Waals surface area contributed by atoms with Crippen LogP contribution in [0.15, 0.2) is 36.4 Å². The van der Waals surface area contributed by atoms with Gasteiger partial charge in [-0.15, -0.1) is 0 Å². The first-order valence-electron chi connectivity index (χ1n) is 11.8. The van der Waals surface area contributed by atoms with E-state index in [0.717, 1.165) is 36.8 Å². The lowest BCUT2D eigenvalue weighted by Gasteiger charge is -2.40. The summed E-state index contributed by atoms with van der Waals surface area (Å²) in [5.74, 6) is -0.237. The Morgan fingerprint density at radius 3 is 2.16 bits per heavy atom. The number of hydrogen-bond donors (Lipinski definition) is 0. The topological polar surface area (TPSA) is 57.7 Å². The number of allylic oxidation sites excluding steroid dienone is 2. The van der Waals surface area contributed by atoms with E-state index in [1.54, 1.807) is 0 Å². The summed E-state index contributed by atoms with van der Waals surface area (Å²) in [5.41, 5.74) is 1.92. The van der Waals surface area contributed by atoms with Gasteiger partial charge in [0.2, 0.25) is 17.7 Å². The van der Waals surface area contributed by atoms with Crippen LogP contribution in [0.1, 0.15) is 63.1 Å². The molecule has 4 aliphatic rings.